The SMILES string of the molecule is CCNC(=O)C1CCN(C(=O)CC(C)CN)CC1. The maximum absolute atomic E-state index is 11.9. The summed E-state index contributed by atoms with van der Waals surface area (Å²) in [5.41, 5.74) is 5.52. The highest BCUT2D eigenvalue weighted by Crippen LogP contribution is 2.18. The van der Waals surface area contributed by atoms with Gasteiger partial charge < -0.3 is 16.0 Å². The number of rotatable bonds is 5. The Labute approximate surface area is 109 Å². The van der Waals surface area contributed by atoms with Crippen molar-refractivity contribution >= 4 is 11.8 Å². The van der Waals surface area contributed by atoms with Crippen molar-refractivity contribution in [3.05, 3.63) is 0 Å². The fourth-order valence-electron chi connectivity index (χ4n) is 2.22. The molecule has 0 aromatic carbocycles. The van der Waals surface area contributed by atoms with Gasteiger partial charge in [-0.15, -0.1) is 0 Å². The molecule has 104 valence electrons. The Kier molecular flexibility index (Phi) is 6.12. The van der Waals surface area contributed by atoms with Crippen LogP contribution in [0.5, 0.6) is 0 Å². The summed E-state index contributed by atoms with van der Waals surface area (Å²) in [7, 11) is 0. The van der Waals surface area contributed by atoms with Crippen LogP contribution in [0.25, 0.3) is 0 Å². The van der Waals surface area contributed by atoms with Crippen LogP contribution < -0.4 is 11.1 Å². The monoisotopic (exact) mass is 255 g/mol. The molecule has 5 heteroatoms. The van der Waals surface area contributed by atoms with Crippen LogP contribution in [0.1, 0.15) is 33.1 Å². The highest BCUT2D eigenvalue weighted by molar-refractivity contribution is 5.80. The van der Waals surface area contributed by atoms with E-state index in [1.165, 1.54) is 0 Å². The van der Waals surface area contributed by atoms with Gasteiger partial charge in [-0.1, -0.05) is 6.92 Å². The zero-order chi connectivity index (χ0) is 13.5. The second-order valence-corrected chi connectivity index (χ2v) is 5.09. The molecule has 0 spiro atoms. The Bertz CT molecular complexity index is 286. The first-order chi connectivity index (χ1) is 8.58. The molecular weight excluding hydrogens is 230 g/mol. The Morgan fingerprint density at radius 3 is 2.50 bits per heavy atom. The molecule has 1 saturated heterocycles. The molecule has 1 unspecified atom stereocenters. The van der Waals surface area contributed by atoms with E-state index in [0.29, 0.717) is 32.6 Å². The molecule has 5 nitrogen and oxygen atoms in total. The molecular formula is C13H25N3O2. The topological polar surface area (TPSA) is 75.4 Å². The van der Waals surface area contributed by atoms with Gasteiger partial charge in [0.25, 0.3) is 0 Å². The Morgan fingerprint density at radius 2 is 2.00 bits per heavy atom. The molecule has 1 heterocycles. The van der Waals surface area contributed by atoms with E-state index in [4.69, 9.17) is 5.73 Å². The van der Waals surface area contributed by atoms with Crippen LogP contribution in [0.3, 0.4) is 0 Å². The lowest BCUT2D eigenvalue weighted by molar-refractivity contribution is -0.136. The third-order valence-corrected chi connectivity index (χ3v) is 3.49. The van der Waals surface area contributed by atoms with E-state index >= 15 is 0 Å². The fraction of sp³-hybridized carbons (Fsp3) is 0.846. The van der Waals surface area contributed by atoms with Gasteiger partial charge in [-0.05, 0) is 32.2 Å². The lowest BCUT2D eigenvalue weighted by Gasteiger charge is -2.32. The molecule has 2 amide bonds. The summed E-state index contributed by atoms with van der Waals surface area (Å²) in [5, 5.41) is 2.84. The number of carbonyl (C=O) groups excluding carboxylic acids is 2. The molecule has 18 heavy (non-hydrogen) atoms. The first kappa shape index (κ1) is 15.0. The predicted molar refractivity (Wildman–Crippen MR) is 70.8 cm³/mol. The quantitative estimate of drug-likeness (QED) is 0.744. The second-order valence-electron chi connectivity index (χ2n) is 5.09. The van der Waals surface area contributed by atoms with Crippen LogP contribution in [0.2, 0.25) is 0 Å². The molecule has 0 aromatic heterocycles. The normalized spacial score (nSPS) is 18.5. The van der Waals surface area contributed by atoms with Crippen molar-refractivity contribution in [1.82, 2.24) is 10.2 Å². The summed E-state index contributed by atoms with van der Waals surface area (Å²) in [6.07, 6.45) is 2.06. The largest absolute Gasteiger partial charge is 0.356 e. The summed E-state index contributed by atoms with van der Waals surface area (Å²) in [6.45, 7) is 6.51. The van der Waals surface area contributed by atoms with Crippen molar-refractivity contribution in [1.29, 1.82) is 0 Å². The van der Waals surface area contributed by atoms with Gasteiger partial charge in [-0.2, -0.15) is 0 Å². The first-order valence-corrected chi connectivity index (χ1v) is 6.84. The lowest BCUT2D eigenvalue weighted by Crippen LogP contribution is -2.43. The summed E-state index contributed by atoms with van der Waals surface area (Å²) in [4.78, 5) is 25.5. The van der Waals surface area contributed by atoms with Crippen molar-refractivity contribution in [2.24, 2.45) is 17.6 Å². The summed E-state index contributed by atoms with van der Waals surface area (Å²) in [6, 6.07) is 0. The minimum absolute atomic E-state index is 0.0703. The van der Waals surface area contributed by atoms with E-state index in [1.54, 1.807) is 0 Å². The van der Waals surface area contributed by atoms with E-state index < -0.39 is 0 Å². The molecule has 0 aromatic rings. The summed E-state index contributed by atoms with van der Waals surface area (Å²) >= 11 is 0. The first-order valence-electron chi connectivity index (χ1n) is 6.84. The number of nitrogens with two attached hydrogens (primary N) is 1. The molecule has 1 fully saturated rings. The third-order valence-electron chi connectivity index (χ3n) is 3.49. The van der Waals surface area contributed by atoms with Crippen molar-refractivity contribution in [2.75, 3.05) is 26.2 Å². The average molecular weight is 255 g/mol. The van der Waals surface area contributed by atoms with Crippen molar-refractivity contribution in [3.8, 4) is 0 Å². The lowest BCUT2D eigenvalue weighted by atomic mass is 9.95. The predicted octanol–water partition coefficient (Wildman–Crippen LogP) is 0.346. The summed E-state index contributed by atoms with van der Waals surface area (Å²) in [5.74, 6) is 0.599. The van der Waals surface area contributed by atoms with Crippen LogP contribution in [0.4, 0.5) is 0 Å². The van der Waals surface area contributed by atoms with Crippen LogP contribution in [-0.2, 0) is 9.59 Å². The minimum Gasteiger partial charge on any atom is -0.356 e. The number of hydrogen-bond acceptors (Lipinski definition) is 3. The summed E-state index contributed by atoms with van der Waals surface area (Å²) < 4.78 is 0. The number of amides is 2. The van der Waals surface area contributed by atoms with E-state index in [0.717, 1.165) is 12.8 Å². The van der Waals surface area contributed by atoms with Crippen molar-refractivity contribution < 1.29 is 9.59 Å². The second kappa shape index (κ2) is 7.36. The molecule has 0 radical (unpaired) electrons. The number of carbonyl (C=O) groups is 2. The molecule has 1 aliphatic heterocycles. The van der Waals surface area contributed by atoms with Gasteiger partial charge in [0, 0.05) is 32.0 Å². The molecule has 1 aliphatic rings. The number of nitrogens with zero attached hydrogens (tertiary/aromatic N) is 1. The zero-order valence-corrected chi connectivity index (χ0v) is 11.4. The minimum atomic E-state index is 0.0703. The van der Waals surface area contributed by atoms with Gasteiger partial charge in [0.15, 0.2) is 0 Å². The van der Waals surface area contributed by atoms with Crippen LogP contribution in [0.15, 0.2) is 0 Å². The maximum Gasteiger partial charge on any atom is 0.223 e. The molecule has 1 atom stereocenters. The fourth-order valence-corrected chi connectivity index (χ4v) is 2.22. The maximum atomic E-state index is 11.9. The number of likely N-dealkylation sites (tertiary alicyclic amines) is 1. The standard InChI is InChI=1S/C13H25N3O2/c1-3-15-13(18)11-4-6-16(7-5-11)12(17)8-10(2)9-14/h10-11H,3-9,14H2,1-2H3,(H,15,18). The number of hydrogen-bond donors (Lipinski definition) is 2. The van der Waals surface area contributed by atoms with Gasteiger partial charge in [0.2, 0.25) is 11.8 Å². The molecule has 3 N–H and O–H groups in total. The smallest absolute Gasteiger partial charge is 0.223 e. The van der Waals surface area contributed by atoms with Crippen LogP contribution in [-0.4, -0.2) is 42.9 Å². The van der Waals surface area contributed by atoms with Crippen molar-refractivity contribution in [3.63, 3.8) is 0 Å². The van der Waals surface area contributed by atoms with E-state index in [2.05, 4.69) is 5.32 Å². The van der Waals surface area contributed by atoms with Crippen molar-refractivity contribution in [2.45, 2.75) is 33.1 Å². The molecule has 0 bridgehead atoms. The molecule has 0 saturated carbocycles. The number of piperidine rings is 1. The van der Waals surface area contributed by atoms with Gasteiger partial charge in [-0.3, -0.25) is 9.59 Å². The van der Waals surface area contributed by atoms with Crippen LogP contribution in [0, 0.1) is 11.8 Å². The van der Waals surface area contributed by atoms with E-state index in [-0.39, 0.29) is 23.7 Å². The van der Waals surface area contributed by atoms with E-state index in [1.807, 2.05) is 18.7 Å². The zero-order valence-electron chi connectivity index (χ0n) is 11.4. The highest BCUT2D eigenvalue weighted by atomic mass is 16.2. The van der Waals surface area contributed by atoms with E-state index in [9.17, 15) is 9.59 Å². The average Bonchev–Trinajstić information content (AvgIpc) is 2.39. The van der Waals surface area contributed by atoms with Gasteiger partial charge in [-0.25, -0.2) is 0 Å². The Balaban J connectivity index is 2.34. The van der Waals surface area contributed by atoms with Gasteiger partial charge in [0.05, 0.1) is 0 Å². The Morgan fingerprint density at radius 1 is 1.39 bits per heavy atom. The molecule has 1 rings (SSSR count). The van der Waals surface area contributed by atoms with Crippen LogP contribution >= 0.6 is 0 Å². The highest BCUT2D eigenvalue weighted by Gasteiger charge is 2.27. The number of nitrogens with one attached hydrogen (secondary N) is 1. The van der Waals surface area contributed by atoms with Gasteiger partial charge in [0.1, 0.15) is 0 Å². The molecule has 0 aliphatic carbocycles. The third kappa shape index (κ3) is 4.29. The van der Waals surface area contributed by atoms with Gasteiger partial charge >= 0.3 is 0 Å². The Hall–Kier alpha value is -1.10.